The van der Waals surface area contributed by atoms with Crippen molar-refractivity contribution in [2.45, 2.75) is 39.2 Å². The molecule has 1 aromatic heterocycles. The zero-order valence-electron chi connectivity index (χ0n) is 15.7. The molecule has 0 radical (unpaired) electrons. The topological polar surface area (TPSA) is 58.4 Å². The Labute approximate surface area is 154 Å². The van der Waals surface area contributed by atoms with Gasteiger partial charge in [0.1, 0.15) is 5.76 Å². The van der Waals surface area contributed by atoms with Crippen molar-refractivity contribution in [3.05, 3.63) is 52.9 Å². The number of benzene rings is 1. The van der Waals surface area contributed by atoms with Crippen LogP contribution in [-0.2, 0) is 0 Å². The molecule has 2 heterocycles. The molecule has 1 saturated heterocycles. The summed E-state index contributed by atoms with van der Waals surface area (Å²) in [5.74, 6) is 2.13. The Hall–Kier alpha value is -2.14. The van der Waals surface area contributed by atoms with Crippen molar-refractivity contribution in [2.24, 2.45) is 11.8 Å². The third-order valence-electron chi connectivity index (χ3n) is 6.01. The van der Waals surface area contributed by atoms with Gasteiger partial charge in [-0.05, 0) is 24.0 Å². The number of nitrogens with zero attached hydrogens (tertiary/aromatic N) is 2. The molecule has 26 heavy (non-hydrogen) atoms. The Morgan fingerprint density at radius 2 is 2.12 bits per heavy atom. The molecule has 4 atom stereocenters. The number of nitrogens with one attached hydrogen (secondary N) is 1. The molecule has 1 aromatic carbocycles. The fourth-order valence-electron chi connectivity index (χ4n) is 4.53. The molecule has 1 N–H and O–H groups in total. The van der Waals surface area contributed by atoms with Crippen molar-refractivity contribution in [3.63, 3.8) is 0 Å². The van der Waals surface area contributed by atoms with Crippen LogP contribution >= 0.6 is 0 Å². The van der Waals surface area contributed by atoms with Gasteiger partial charge in [0.2, 0.25) is 0 Å². The van der Waals surface area contributed by atoms with Crippen LogP contribution in [0.3, 0.4) is 0 Å². The second kappa shape index (κ2) is 6.88. The van der Waals surface area contributed by atoms with Gasteiger partial charge in [-0.1, -0.05) is 49.7 Å². The number of aromatic nitrogens is 1. The van der Waals surface area contributed by atoms with E-state index in [4.69, 9.17) is 4.52 Å². The highest BCUT2D eigenvalue weighted by molar-refractivity contribution is 5.92. The Balaban J connectivity index is 1.56. The summed E-state index contributed by atoms with van der Waals surface area (Å²) in [5.41, 5.74) is 3.02. The third kappa shape index (κ3) is 3.05. The van der Waals surface area contributed by atoms with Crippen molar-refractivity contribution < 1.29 is 9.32 Å². The number of carbonyl (C=O) groups excluding carboxylic acids is 1. The van der Waals surface area contributed by atoms with Crippen LogP contribution in [0.15, 0.2) is 34.9 Å². The van der Waals surface area contributed by atoms with Gasteiger partial charge in [0, 0.05) is 37.5 Å². The quantitative estimate of drug-likeness (QED) is 0.893. The first-order chi connectivity index (χ1) is 12.6. The minimum absolute atomic E-state index is 0.0441. The van der Waals surface area contributed by atoms with E-state index in [0.29, 0.717) is 29.2 Å². The van der Waals surface area contributed by atoms with Crippen molar-refractivity contribution >= 4 is 5.91 Å². The van der Waals surface area contributed by atoms with E-state index in [0.717, 1.165) is 19.6 Å². The van der Waals surface area contributed by atoms with E-state index in [-0.39, 0.29) is 11.9 Å². The van der Waals surface area contributed by atoms with Gasteiger partial charge in [0.15, 0.2) is 5.69 Å². The average Bonchev–Trinajstić information content (AvgIpc) is 3.31. The van der Waals surface area contributed by atoms with E-state index in [2.05, 4.69) is 53.5 Å². The number of amides is 1. The number of fused-ring (bicyclic) bond motifs is 3. The predicted octanol–water partition coefficient (Wildman–Crippen LogP) is 3.53. The predicted molar refractivity (Wildman–Crippen MR) is 100 cm³/mol. The minimum Gasteiger partial charge on any atom is -0.361 e. The van der Waals surface area contributed by atoms with Crippen LogP contribution in [0.25, 0.3) is 0 Å². The summed E-state index contributed by atoms with van der Waals surface area (Å²) >= 11 is 0. The van der Waals surface area contributed by atoms with E-state index in [9.17, 15) is 4.79 Å². The lowest BCUT2D eigenvalue weighted by molar-refractivity contribution is 0.0914. The van der Waals surface area contributed by atoms with Crippen LogP contribution in [0.5, 0.6) is 0 Å². The average molecular weight is 353 g/mol. The minimum atomic E-state index is -0.150. The summed E-state index contributed by atoms with van der Waals surface area (Å²) in [6.07, 6.45) is 1.20. The number of aryl methyl sites for hydroxylation is 1. The number of hydrogen-bond acceptors (Lipinski definition) is 4. The van der Waals surface area contributed by atoms with Crippen molar-refractivity contribution in [3.8, 4) is 0 Å². The second-order valence-corrected chi connectivity index (χ2v) is 7.91. The first kappa shape index (κ1) is 17.3. The standard InChI is InChI=1S/C21H27N3O2/c1-4-13(2)10-24-11-17-15-7-5-6-8-16(15)20(18(17)12-24)22-21(25)19-9-14(3)26-23-19/h5-9,13,17-18,20H,4,10-12H2,1-3H3,(H,22,25)/t13-,17-,18-,20+/m0/s1. The van der Waals surface area contributed by atoms with Gasteiger partial charge in [0.05, 0.1) is 6.04 Å². The molecule has 5 nitrogen and oxygen atoms in total. The van der Waals surface area contributed by atoms with E-state index in [1.54, 1.807) is 13.0 Å². The fraction of sp³-hybridized carbons (Fsp3) is 0.524. The highest BCUT2D eigenvalue weighted by Gasteiger charge is 2.46. The maximum absolute atomic E-state index is 12.7. The molecule has 0 spiro atoms. The Kier molecular flexibility index (Phi) is 4.57. The molecule has 1 amide bonds. The summed E-state index contributed by atoms with van der Waals surface area (Å²) in [5, 5.41) is 7.10. The van der Waals surface area contributed by atoms with Crippen molar-refractivity contribution in [1.29, 1.82) is 0 Å². The Morgan fingerprint density at radius 1 is 1.35 bits per heavy atom. The highest BCUT2D eigenvalue weighted by atomic mass is 16.5. The van der Waals surface area contributed by atoms with Gasteiger partial charge < -0.3 is 14.7 Å². The summed E-state index contributed by atoms with van der Waals surface area (Å²) in [7, 11) is 0. The number of hydrogen-bond donors (Lipinski definition) is 1. The summed E-state index contributed by atoms with van der Waals surface area (Å²) < 4.78 is 5.06. The van der Waals surface area contributed by atoms with Crippen LogP contribution in [0.4, 0.5) is 0 Å². The normalized spacial score (nSPS) is 25.7. The van der Waals surface area contributed by atoms with Gasteiger partial charge in [-0.2, -0.15) is 0 Å². The SMILES string of the molecule is CC[C@H](C)CN1C[C@@H]2[C@H](NC(=O)c3cc(C)on3)c3ccccc3[C@@H]2C1. The fourth-order valence-corrected chi connectivity index (χ4v) is 4.53. The first-order valence-electron chi connectivity index (χ1n) is 9.62. The molecule has 0 saturated carbocycles. The lowest BCUT2D eigenvalue weighted by Gasteiger charge is -2.24. The van der Waals surface area contributed by atoms with Gasteiger partial charge >= 0.3 is 0 Å². The van der Waals surface area contributed by atoms with Crippen LogP contribution < -0.4 is 5.32 Å². The number of rotatable bonds is 5. The molecule has 4 rings (SSSR count). The molecule has 138 valence electrons. The maximum atomic E-state index is 12.7. The van der Waals surface area contributed by atoms with Crippen molar-refractivity contribution in [1.82, 2.24) is 15.4 Å². The largest absolute Gasteiger partial charge is 0.361 e. The van der Waals surface area contributed by atoms with Crippen LogP contribution in [0.2, 0.25) is 0 Å². The van der Waals surface area contributed by atoms with Gasteiger partial charge in [-0.25, -0.2) is 0 Å². The molecular formula is C21H27N3O2. The summed E-state index contributed by atoms with van der Waals surface area (Å²) in [4.78, 5) is 15.2. The molecule has 2 aromatic rings. The molecule has 1 aliphatic heterocycles. The first-order valence-corrected chi connectivity index (χ1v) is 9.62. The van der Waals surface area contributed by atoms with Gasteiger partial charge in [-0.3, -0.25) is 4.79 Å². The molecule has 1 aliphatic carbocycles. The zero-order chi connectivity index (χ0) is 18.3. The van der Waals surface area contributed by atoms with Gasteiger partial charge in [0.25, 0.3) is 5.91 Å². The zero-order valence-corrected chi connectivity index (χ0v) is 15.7. The van der Waals surface area contributed by atoms with E-state index in [1.165, 1.54) is 17.5 Å². The van der Waals surface area contributed by atoms with Crippen LogP contribution in [-0.4, -0.2) is 35.6 Å². The number of carbonyl (C=O) groups is 1. The second-order valence-electron chi connectivity index (χ2n) is 7.91. The monoisotopic (exact) mass is 353 g/mol. The smallest absolute Gasteiger partial charge is 0.273 e. The summed E-state index contributed by atoms with van der Waals surface area (Å²) in [6.45, 7) is 9.62. The van der Waals surface area contributed by atoms with E-state index in [1.807, 2.05) is 0 Å². The van der Waals surface area contributed by atoms with E-state index >= 15 is 0 Å². The Morgan fingerprint density at radius 3 is 2.81 bits per heavy atom. The molecule has 5 heteroatoms. The number of likely N-dealkylation sites (tertiary alicyclic amines) is 1. The van der Waals surface area contributed by atoms with Crippen LogP contribution in [0.1, 0.15) is 59.6 Å². The van der Waals surface area contributed by atoms with E-state index < -0.39 is 0 Å². The lowest BCUT2D eigenvalue weighted by Crippen LogP contribution is -2.34. The Bertz CT molecular complexity index is 800. The van der Waals surface area contributed by atoms with Gasteiger partial charge in [-0.15, -0.1) is 0 Å². The maximum Gasteiger partial charge on any atom is 0.273 e. The molecule has 2 aliphatic rings. The lowest BCUT2D eigenvalue weighted by atomic mass is 9.94. The van der Waals surface area contributed by atoms with Crippen LogP contribution in [0, 0.1) is 18.8 Å². The molecular weight excluding hydrogens is 326 g/mol. The highest BCUT2D eigenvalue weighted by Crippen LogP contribution is 2.49. The molecule has 1 fully saturated rings. The summed E-state index contributed by atoms with van der Waals surface area (Å²) in [6, 6.07) is 10.3. The molecule has 0 unspecified atom stereocenters. The van der Waals surface area contributed by atoms with Crippen molar-refractivity contribution in [2.75, 3.05) is 19.6 Å². The third-order valence-corrected chi connectivity index (χ3v) is 6.01. The molecule has 0 bridgehead atoms.